The molecule has 0 saturated carbocycles. The van der Waals surface area contributed by atoms with Crippen molar-refractivity contribution in [1.29, 1.82) is 0 Å². The molecule has 0 spiro atoms. The Labute approximate surface area is 129 Å². The Hall–Kier alpha value is -2.35. The Balaban J connectivity index is 1.83. The summed E-state index contributed by atoms with van der Waals surface area (Å²) in [6.07, 6.45) is -4.38. The van der Waals surface area contributed by atoms with Gasteiger partial charge in [-0.3, -0.25) is 9.69 Å². The van der Waals surface area contributed by atoms with E-state index in [2.05, 4.69) is 4.98 Å². The summed E-state index contributed by atoms with van der Waals surface area (Å²) < 4.78 is 38.0. The summed E-state index contributed by atoms with van der Waals surface area (Å²) in [5.41, 5.74) is 0.588. The van der Waals surface area contributed by atoms with Crippen molar-refractivity contribution in [3.8, 4) is 5.75 Å². The van der Waals surface area contributed by atoms with Crippen molar-refractivity contribution in [2.24, 2.45) is 0 Å². The van der Waals surface area contributed by atoms with Crippen LogP contribution < -0.4 is 5.56 Å². The number of fused-ring (bicyclic) bond motifs is 1. The molecule has 23 heavy (non-hydrogen) atoms. The molecular formula is C15H14F3N3O2. The molecule has 0 fully saturated rings. The van der Waals surface area contributed by atoms with E-state index in [9.17, 15) is 23.1 Å². The average Bonchev–Trinajstić information content (AvgIpc) is 2.47. The minimum atomic E-state index is -4.66. The monoisotopic (exact) mass is 325 g/mol. The molecule has 1 aliphatic heterocycles. The van der Waals surface area contributed by atoms with Gasteiger partial charge in [0, 0.05) is 26.1 Å². The quantitative estimate of drug-likeness (QED) is 0.887. The van der Waals surface area contributed by atoms with Gasteiger partial charge in [-0.25, -0.2) is 4.98 Å². The highest BCUT2D eigenvalue weighted by Crippen LogP contribution is 2.26. The second-order valence-corrected chi connectivity index (χ2v) is 5.47. The van der Waals surface area contributed by atoms with Crippen LogP contribution in [0, 0.1) is 0 Å². The highest BCUT2D eigenvalue weighted by Gasteiger charge is 2.35. The van der Waals surface area contributed by atoms with Gasteiger partial charge in [0.25, 0.3) is 5.56 Å². The van der Waals surface area contributed by atoms with Crippen molar-refractivity contribution in [1.82, 2.24) is 14.9 Å². The number of phenolic OH excluding ortho intramolecular Hbond substituents is 1. The van der Waals surface area contributed by atoms with Crippen molar-refractivity contribution < 1.29 is 18.3 Å². The van der Waals surface area contributed by atoms with E-state index < -0.39 is 17.6 Å². The van der Waals surface area contributed by atoms with E-state index in [0.29, 0.717) is 13.1 Å². The maximum Gasteiger partial charge on any atom is 0.449 e. The largest absolute Gasteiger partial charge is 0.508 e. The van der Waals surface area contributed by atoms with Crippen molar-refractivity contribution in [2.45, 2.75) is 25.7 Å². The highest BCUT2D eigenvalue weighted by atomic mass is 19.4. The topological polar surface area (TPSA) is 69.2 Å². The number of nitrogens with one attached hydrogen (secondary N) is 1. The molecule has 0 saturated heterocycles. The lowest BCUT2D eigenvalue weighted by Gasteiger charge is -2.27. The summed E-state index contributed by atoms with van der Waals surface area (Å²) >= 11 is 0. The molecule has 1 aromatic carbocycles. The molecule has 5 nitrogen and oxygen atoms in total. The number of H-pyrrole nitrogens is 1. The number of rotatable bonds is 2. The third-order valence-electron chi connectivity index (χ3n) is 3.73. The zero-order valence-corrected chi connectivity index (χ0v) is 12.0. The summed E-state index contributed by atoms with van der Waals surface area (Å²) in [6.45, 7) is 1.22. The fraction of sp³-hybridized carbons (Fsp3) is 0.333. The summed E-state index contributed by atoms with van der Waals surface area (Å²) in [5, 5.41) is 9.46. The van der Waals surface area contributed by atoms with Crippen LogP contribution in [0.4, 0.5) is 13.2 Å². The summed E-state index contributed by atoms with van der Waals surface area (Å²) in [4.78, 5) is 19.2. The molecule has 0 atom stereocenters. The Morgan fingerprint density at radius 2 is 2.13 bits per heavy atom. The third kappa shape index (κ3) is 3.37. The van der Waals surface area contributed by atoms with Gasteiger partial charge in [-0.05, 0) is 17.7 Å². The number of aromatic amines is 1. The predicted molar refractivity (Wildman–Crippen MR) is 75.8 cm³/mol. The molecule has 0 amide bonds. The summed E-state index contributed by atoms with van der Waals surface area (Å²) in [5.74, 6) is -1.10. The normalized spacial score (nSPS) is 15.4. The molecule has 8 heteroatoms. The van der Waals surface area contributed by atoms with Crippen molar-refractivity contribution in [3.05, 3.63) is 57.3 Å². The van der Waals surface area contributed by atoms with E-state index in [1.807, 2.05) is 16.0 Å². The van der Waals surface area contributed by atoms with Gasteiger partial charge in [0.15, 0.2) is 0 Å². The second-order valence-electron chi connectivity index (χ2n) is 5.47. The van der Waals surface area contributed by atoms with Crippen LogP contribution in [0.25, 0.3) is 0 Å². The minimum Gasteiger partial charge on any atom is -0.508 e. The number of phenols is 1. The number of aromatic nitrogens is 2. The maximum atomic E-state index is 12.7. The average molecular weight is 325 g/mol. The summed E-state index contributed by atoms with van der Waals surface area (Å²) in [6, 6.07) is 6.73. The predicted octanol–water partition coefficient (Wildman–Crippen LogP) is 2.05. The van der Waals surface area contributed by atoms with Gasteiger partial charge < -0.3 is 10.1 Å². The van der Waals surface area contributed by atoms with Crippen LogP contribution in [0.1, 0.15) is 22.6 Å². The van der Waals surface area contributed by atoms with Gasteiger partial charge in [0.1, 0.15) is 5.75 Å². The van der Waals surface area contributed by atoms with E-state index >= 15 is 0 Å². The number of hydrogen-bond donors (Lipinski definition) is 2. The van der Waals surface area contributed by atoms with Crippen LogP contribution in [0.2, 0.25) is 0 Å². The Kier molecular flexibility index (Phi) is 3.85. The van der Waals surface area contributed by atoms with E-state index in [-0.39, 0.29) is 30.0 Å². The van der Waals surface area contributed by atoms with Crippen LogP contribution in [-0.2, 0) is 25.7 Å². The van der Waals surface area contributed by atoms with Gasteiger partial charge in [-0.15, -0.1) is 0 Å². The molecule has 0 bridgehead atoms. The standard InChI is InChI=1S/C15H14F3N3O2/c16-15(17,18)14-19-12-4-5-21(8-11(12)13(23)20-14)7-9-2-1-3-10(22)6-9/h1-3,6,22H,4-5,7-8H2,(H,19,20,23). The van der Waals surface area contributed by atoms with Crippen LogP contribution in [-0.4, -0.2) is 26.5 Å². The molecular weight excluding hydrogens is 311 g/mol. The molecule has 3 rings (SSSR count). The van der Waals surface area contributed by atoms with Gasteiger partial charge in [0.2, 0.25) is 5.82 Å². The van der Waals surface area contributed by atoms with Crippen LogP contribution in [0.15, 0.2) is 29.1 Å². The Bertz CT molecular complexity index is 786. The van der Waals surface area contributed by atoms with Crippen molar-refractivity contribution in [2.75, 3.05) is 6.54 Å². The minimum absolute atomic E-state index is 0.147. The van der Waals surface area contributed by atoms with Gasteiger partial charge in [-0.1, -0.05) is 12.1 Å². The number of aromatic hydroxyl groups is 1. The smallest absolute Gasteiger partial charge is 0.449 e. The van der Waals surface area contributed by atoms with Crippen LogP contribution >= 0.6 is 0 Å². The highest BCUT2D eigenvalue weighted by molar-refractivity contribution is 5.28. The molecule has 1 aliphatic rings. The number of halogens is 3. The molecule has 2 heterocycles. The fourth-order valence-electron chi connectivity index (χ4n) is 2.66. The SMILES string of the molecule is O=c1[nH]c(C(F)(F)F)nc2c1CN(Cc1cccc(O)c1)CC2. The Morgan fingerprint density at radius 3 is 2.83 bits per heavy atom. The third-order valence-corrected chi connectivity index (χ3v) is 3.73. The molecule has 0 radical (unpaired) electrons. The molecule has 1 aromatic heterocycles. The second kappa shape index (κ2) is 5.69. The van der Waals surface area contributed by atoms with Crippen molar-refractivity contribution in [3.63, 3.8) is 0 Å². The zero-order chi connectivity index (χ0) is 16.6. The van der Waals surface area contributed by atoms with Gasteiger partial charge in [-0.2, -0.15) is 13.2 Å². The molecule has 2 N–H and O–H groups in total. The van der Waals surface area contributed by atoms with Crippen LogP contribution in [0.3, 0.4) is 0 Å². The molecule has 2 aromatic rings. The first-order chi connectivity index (χ1) is 10.8. The number of nitrogens with zero attached hydrogens (tertiary/aromatic N) is 2. The lowest BCUT2D eigenvalue weighted by atomic mass is 10.1. The van der Waals surface area contributed by atoms with Crippen LogP contribution in [0.5, 0.6) is 5.75 Å². The maximum absolute atomic E-state index is 12.7. The number of benzene rings is 1. The lowest BCUT2D eigenvalue weighted by molar-refractivity contribution is -0.145. The Morgan fingerprint density at radius 1 is 1.35 bits per heavy atom. The van der Waals surface area contributed by atoms with Crippen molar-refractivity contribution >= 4 is 0 Å². The molecule has 0 aliphatic carbocycles. The van der Waals surface area contributed by atoms with E-state index in [4.69, 9.17) is 0 Å². The number of alkyl halides is 3. The van der Waals surface area contributed by atoms with E-state index in [1.165, 1.54) is 0 Å². The van der Waals surface area contributed by atoms with E-state index in [1.54, 1.807) is 18.2 Å². The zero-order valence-electron chi connectivity index (χ0n) is 12.0. The molecule has 122 valence electrons. The van der Waals surface area contributed by atoms with E-state index in [0.717, 1.165) is 5.56 Å². The first kappa shape index (κ1) is 15.5. The first-order valence-corrected chi connectivity index (χ1v) is 7.02. The number of hydrogen-bond acceptors (Lipinski definition) is 4. The first-order valence-electron chi connectivity index (χ1n) is 7.02. The summed E-state index contributed by atoms with van der Waals surface area (Å²) in [7, 11) is 0. The fourth-order valence-corrected chi connectivity index (χ4v) is 2.66. The van der Waals surface area contributed by atoms with Gasteiger partial charge >= 0.3 is 6.18 Å². The molecule has 0 unspecified atom stereocenters. The lowest BCUT2D eigenvalue weighted by Crippen LogP contribution is -2.36. The van der Waals surface area contributed by atoms with Gasteiger partial charge in [0.05, 0.1) is 11.3 Å².